The molecule has 4 rings (SSSR count). The van der Waals surface area contributed by atoms with E-state index in [1.807, 2.05) is 6.92 Å². The molecule has 3 heterocycles. The van der Waals surface area contributed by atoms with Gasteiger partial charge in [0.05, 0.1) is 28.7 Å². The van der Waals surface area contributed by atoms with Crippen LogP contribution in [0.25, 0.3) is 10.4 Å². The van der Waals surface area contributed by atoms with E-state index in [0.717, 1.165) is 16.1 Å². The normalized spacial score (nSPS) is 16.4. The highest BCUT2D eigenvalue weighted by Gasteiger charge is 2.30. The highest BCUT2D eigenvalue weighted by molar-refractivity contribution is 7.15. The monoisotopic (exact) mass is 430 g/mol. The van der Waals surface area contributed by atoms with Gasteiger partial charge in [-0.1, -0.05) is 0 Å². The second-order valence-electron chi connectivity index (χ2n) is 7.38. The van der Waals surface area contributed by atoms with Crippen molar-refractivity contribution < 1.29 is 23.1 Å². The minimum Gasteiger partial charge on any atom is -0.433 e. The number of ether oxygens (including phenoxy) is 1. The Morgan fingerprint density at radius 1 is 1.30 bits per heavy atom. The van der Waals surface area contributed by atoms with Crippen LogP contribution in [-0.4, -0.2) is 27.2 Å². The molecule has 0 fully saturated rings. The van der Waals surface area contributed by atoms with Gasteiger partial charge in [-0.05, 0) is 55.3 Å². The number of thiazole rings is 1. The van der Waals surface area contributed by atoms with E-state index in [1.54, 1.807) is 35.0 Å². The first kappa shape index (κ1) is 20.4. The maximum atomic E-state index is 13.0. The van der Waals surface area contributed by atoms with E-state index in [2.05, 4.69) is 9.72 Å². The molecule has 0 amide bonds. The minimum absolute atomic E-state index is 0.0224. The van der Waals surface area contributed by atoms with Gasteiger partial charge in [0.25, 0.3) is 0 Å². The van der Waals surface area contributed by atoms with Crippen LogP contribution in [0.15, 0.2) is 42.6 Å². The third-order valence-electron chi connectivity index (χ3n) is 5.00. The van der Waals surface area contributed by atoms with Crippen molar-refractivity contribution in [1.29, 1.82) is 0 Å². The van der Waals surface area contributed by atoms with E-state index in [-0.39, 0.29) is 29.8 Å². The fourth-order valence-corrected chi connectivity index (χ4v) is 4.78. The van der Waals surface area contributed by atoms with Gasteiger partial charge >= 0.3 is 6.11 Å². The summed E-state index contributed by atoms with van der Waals surface area (Å²) in [4.78, 5) is 30.3. The SMILES string of the molecule is Cc1nc(CC(=O)C2CCC(=O)c3cccn32)sc1-c1ccc(OC(C)(F)F)cc1. The highest BCUT2D eigenvalue weighted by atomic mass is 32.1. The van der Waals surface area contributed by atoms with Crippen LogP contribution in [0.2, 0.25) is 0 Å². The number of halogens is 2. The van der Waals surface area contributed by atoms with Crippen LogP contribution < -0.4 is 4.74 Å². The second-order valence-corrected chi connectivity index (χ2v) is 8.46. The van der Waals surface area contributed by atoms with Crippen LogP contribution in [0.4, 0.5) is 8.78 Å². The Hall–Kier alpha value is -2.87. The van der Waals surface area contributed by atoms with Crippen molar-refractivity contribution in [2.45, 2.75) is 45.3 Å². The molecule has 0 saturated heterocycles. The summed E-state index contributed by atoms with van der Waals surface area (Å²) in [5, 5.41) is 0.693. The maximum absolute atomic E-state index is 13.0. The molecule has 0 radical (unpaired) electrons. The van der Waals surface area contributed by atoms with Crippen LogP contribution in [0.3, 0.4) is 0 Å². The number of carbonyl (C=O) groups excluding carboxylic acids is 2. The number of carbonyl (C=O) groups is 2. The molecule has 0 aliphatic carbocycles. The molecule has 1 unspecified atom stereocenters. The number of alkyl halides is 2. The molecule has 30 heavy (non-hydrogen) atoms. The predicted octanol–water partition coefficient (Wildman–Crippen LogP) is 5.24. The zero-order valence-electron chi connectivity index (χ0n) is 16.5. The van der Waals surface area contributed by atoms with E-state index in [0.29, 0.717) is 30.5 Å². The molecule has 0 N–H and O–H groups in total. The zero-order valence-corrected chi connectivity index (χ0v) is 17.3. The first-order chi connectivity index (χ1) is 14.2. The molecule has 2 aromatic heterocycles. The summed E-state index contributed by atoms with van der Waals surface area (Å²) in [6.07, 6.45) is -0.408. The smallest absolute Gasteiger partial charge is 0.394 e. The molecular formula is C22H20F2N2O3S. The molecule has 5 nitrogen and oxygen atoms in total. The molecule has 3 aromatic rings. The molecule has 8 heteroatoms. The van der Waals surface area contributed by atoms with Gasteiger partial charge in [-0.3, -0.25) is 9.59 Å². The fraction of sp³-hybridized carbons (Fsp3) is 0.318. The second kappa shape index (κ2) is 7.75. The largest absolute Gasteiger partial charge is 0.433 e. The van der Waals surface area contributed by atoms with E-state index >= 15 is 0 Å². The lowest BCUT2D eigenvalue weighted by atomic mass is 9.97. The standard InChI is InChI=1S/C22H20F2N2O3S/c1-13-21(14-5-7-15(8-6-14)29-22(2,23)24)30-20(25-13)12-19(28)17-9-10-18(27)16-4-3-11-26(16)17/h3-8,11,17H,9-10,12H2,1-2H3. The zero-order chi connectivity index (χ0) is 21.5. The van der Waals surface area contributed by atoms with Gasteiger partial charge in [-0.25, -0.2) is 4.98 Å². The van der Waals surface area contributed by atoms with E-state index in [9.17, 15) is 18.4 Å². The molecule has 1 aliphatic heterocycles. The third kappa shape index (κ3) is 4.18. The predicted molar refractivity (Wildman–Crippen MR) is 109 cm³/mol. The van der Waals surface area contributed by atoms with Gasteiger partial charge < -0.3 is 9.30 Å². The van der Waals surface area contributed by atoms with Crippen molar-refractivity contribution in [3.8, 4) is 16.2 Å². The third-order valence-corrected chi connectivity index (χ3v) is 6.20. The average molecular weight is 430 g/mol. The van der Waals surface area contributed by atoms with Crippen molar-refractivity contribution in [1.82, 2.24) is 9.55 Å². The van der Waals surface area contributed by atoms with Crippen LogP contribution in [0, 0.1) is 6.92 Å². The van der Waals surface area contributed by atoms with Crippen molar-refractivity contribution >= 4 is 22.9 Å². The quantitative estimate of drug-likeness (QED) is 0.537. The molecule has 156 valence electrons. The molecule has 1 aromatic carbocycles. The van der Waals surface area contributed by atoms with Crippen molar-refractivity contribution in [2.24, 2.45) is 0 Å². The van der Waals surface area contributed by atoms with Gasteiger partial charge in [-0.15, -0.1) is 11.3 Å². The summed E-state index contributed by atoms with van der Waals surface area (Å²) < 4.78 is 32.3. The van der Waals surface area contributed by atoms with E-state index < -0.39 is 6.11 Å². The van der Waals surface area contributed by atoms with Crippen molar-refractivity contribution in [2.75, 3.05) is 0 Å². The Balaban J connectivity index is 1.50. The number of hydrogen-bond donors (Lipinski definition) is 0. The fourth-order valence-electron chi connectivity index (χ4n) is 3.70. The van der Waals surface area contributed by atoms with Gasteiger partial charge in [-0.2, -0.15) is 8.78 Å². The number of ketones is 2. The molecule has 0 spiro atoms. The van der Waals surface area contributed by atoms with E-state index in [1.165, 1.54) is 23.5 Å². The summed E-state index contributed by atoms with van der Waals surface area (Å²) in [6, 6.07) is 9.55. The van der Waals surface area contributed by atoms with Gasteiger partial charge in [0.1, 0.15) is 10.8 Å². The molecule has 0 saturated carbocycles. The van der Waals surface area contributed by atoms with Gasteiger partial charge in [0, 0.05) is 19.5 Å². The Morgan fingerprint density at radius 3 is 2.73 bits per heavy atom. The van der Waals surface area contributed by atoms with Crippen molar-refractivity contribution in [3.63, 3.8) is 0 Å². The van der Waals surface area contributed by atoms with Crippen LogP contribution in [0.5, 0.6) is 5.75 Å². The first-order valence-corrected chi connectivity index (χ1v) is 10.4. The van der Waals surface area contributed by atoms with Crippen LogP contribution in [-0.2, 0) is 11.2 Å². The average Bonchev–Trinajstić information content (AvgIpc) is 3.29. The molecule has 1 atom stereocenters. The van der Waals surface area contributed by atoms with Crippen LogP contribution >= 0.6 is 11.3 Å². The molecular weight excluding hydrogens is 410 g/mol. The Kier molecular flexibility index (Phi) is 5.27. The summed E-state index contributed by atoms with van der Waals surface area (Å²) >= 11 is 1.41. The highest BCUT2D eigenvalue weighted by Crippen LogP contribution is 2.34. The molecule has 1 aliphatic rings. The number of nitrogens with zero attached hydrogens (tertiary/aromatic N) is 2. The number of benzene rings is 1. The van der Waals surface area contributed by atoms with Crippen LogP contribution in [0.1, 0.15) is 47.0 Å². The lowest BCUT2D eigenvalue weighted by Gasteiger charge is -2.24. The van der Waals surface area contributed by atoms with E-state index in [4.69, 9.17) is 0 Å². The Labute approximate surface area is 176 Å². The maximum Gasteiger partial charge on any atom is 0.394 e. The Bertz CT molecular complexity index is 1100. The number of aryl methyl sites for hydroxylation is 1. The Morgan fingerprint density at radius 2 is 2.03 bits per heavy atom. The number of rotatable bonds is 6. The number of fused-ring (bicyclic) bond motifs is 1. The first-order valence-electron chi connectivity index (χ1n) is 9.57. The summed E-state index contributed by atoms with van der Waals surface area (Å²) in [5.74, 6) is 0.164. The van der Waals surface area contributed by atoms with Crippen molar-refractivity contribution in [3.05, 3.63) is 59.0 Å². The lowest BCUT2D eigenvalue weighted by Crippen LogP contribution is -2.28. The molecule has 0 bridgehead atoms. The summed E-state index contributed by atoms with van der Waals surface area (Å²) in [5.41, 5.74) is 2.18. The van der Waals surface area contributed by atoms with Gasteiger partial charge in [0.15, 0.2) is 11.6 Å². The summed E-state index contributed by atoms with van der Waals surface area (Å²) in [6.45, 7) is 2.55. The number of Topliss-reactive ketones (excluding diaryl/α,β-unsaturated/α-hetero) is 2. The lowest BCUT2D eigenvalue weighted by molar-refractivity contribution is -0.158. The minimum atomic E-state index is -3.24. The van der Waals surface area contributed by atoms with Gasteiger partial charge in [0.2, 0.25) is 0 Å². The number of aromatic nitrogens is 2. The topological polar surface area (TPSA) is 61.2 Å². The number of hydrogen-bond acceptors (Lipinski definition) is 5. The summed E-state index contributed by atoms with van der Waals surface area (Å²) in [7, 11) is 0.